The van der Waals surface area contributed by atoms with Gasteiger partial charge in [0.15, 0.2) is 6.29 Å². The van der Waals surface area contributed by atoms with Gasteiger partial charge in [-0.1, -0.05) is 6.08 Å². The van der Waals surface area contributed by atoms with E-state index >= 15 is 0 Å². The molecule has 0 saturated carbocycles. The molecule has 1 fully saturated rings. The van der Waals surface area contributed by atoms with Crippen LogP contribution in [0.5, 0.6) is 0 Å². The minimum absolute atomic E-state index is 0.125. The summed E-state index contributed by atoms with van der Waals surface area (Å²) in [5.74, 6) is 0. The molecule has 2 bridgehead atoms. The Morgan fingerprint density at radius 1 is 1.44 bits per heavy atom. The Hall–Kier alpha value is -0.380. The minimum Gasteiger partial charge on any atom is -0.386 e. The van der Waals surface area contributed by atoms with Crippen LogP contribution in [-0.2, 0) is 9.47 Å². The van der Waals surface area contributed by atoms with E-state index < -0.39 is 6.10 Å². The Morgan fingerprint density at radius 2 is 2.33 bits per heavy atom. The number of hydrogen-bond donors (Lipinski definition) is 1. The van der Waals surface area contributed by atoms with Crippen LogP contribution in [0.3, 0.4) is 0 Å². The SMILES string of the molecule is O[C@@H]1C=C[C@H]2OC[C@@H]1O2. The molecule has 50 valence electrons. The van der Waals surface area contributed by atoms with Gasteiger partial charge in [0.25, 0.3) is 0 Å². The molecule has 0 aliphatic carbocycles. The van der Waals surface area contributed by atoms with Gasteiger partial charge in [-0.25, -0.2) is 0 Å². The zero-order valence-corrected chi connectivity index (χ0v) is 4.86. The molecule has 3 heteroatoms. The van der Waals surface area contributed by atoms with Crippen LogP contribution >= 0.6 is 0 Å². The molecule has 0 aromatic rings. The average molecular weight is 128 g/mol. The van der Waals surface area contributed by atoms with Crippen molar-refractivity contribution in [1.29, 1.82) is 0 Å². The van der Waals surface area contributed by atoms with Gasteiger partial charge in [0.2, 0.25) is 0 Å². The van der Waals surface area contributed by atoms with Crippen molar-refractivity contribution in [2.45, 2.75) is 18.5 Å². The van der Waals surface area contributed by atoms with Crippen molar-refractivity contribution >= 4 is 0 Å². The van der Waals surface area contributed by atoms with Crippen LogP contribution in [0.1, 0.15) is 0 Å². The summed E-state index contributed by atoms with van der Waals surface area (Å²) < 4.78 is 10.2. The first-order chi connectivity index (χ1) is 4.36. The van der Waals surface area contributed by atoms with E-state index in [1.54, 1.807) is 12.2 Å². The lowest BCUT2D eigenvalue weighted by Gasteiger charge is -2.16. The molecular formula is C6H8O3. The maximum absolute atomic E-state index is 9.10. The summed E-state index contributed by atoms with van der Waals surface area (Å²) in [6.45, 7) is 0.513. The van der Waals surface area contributed by atoms with Crippen molar-refractivity contribution in [2.24, 2.45) is 0 Å². The van der Waals surface area contributed by atoms with Crippen molar-refractivity contribution < 1.29 is 14.6 Å². The highest BCUT2D eigenvalue weighted by atomic mass is 16.7. The molecule has 2 aliphatic heterocycles. The van der Waals surface area contributed by atoms with Gasteiger partial charge in [0, 0.05) is 0 Å². The van der Waals surface area contributed by atoms with E-state index in [2.05, 4.69) is 0 Å². The van der Waals surface area contributed by atoms with Crippen molar-refractivity contribution in [3.63, 3.8) is 0 Å². The zero-order valence-electron chi connectivity index (χ0n) is 4.86. The molecule has 3 atom stereocenters. The summed E-state index contributed by atoms with van der Waals surface area (Å²) in [5, 5.41) is 9.10. The summed E-state index contributed by atoms with van der Waals surface area (Å²) in [6, 6.07) is 0. The minimum atomic E-state index is -0.469. The van der Waals surface area contributed by atoms with E-state index in [-0.39, 0.29) is 12.4 Å². The molecule has 0 spiro atoms. The Kier molecular flexibility index (Phi) is 1.08. The smallest absolute Gasteiger partial charge is 0.177 e. The summed E-state index contributed by atoms with van der Waals surface area (Å²) >= 11 is 0. The van der Waals surface area contributed by atoms with Crippen molar-refractivity contribution in [2.75, 3.05) is 6.61 Å². The number of fused-ring (bicyclic) bond motifs is 2. The third-order valence-corrected chi connectivity index (χ3v) is 1.58. The second-order valence-electron chi connectivity index (χ2n) is 2.25. The third kappa shape index (κ3) is 0.775. The van der Waals surface area contributed by atoms with Crippen molar-refractivity contribution in [3.8, 4) is 0 Å². The molecular weight excluding hydrogens is 120 g/mol. The van der Waals surface area contributed by atoms with Crippen LogP contribution in [0, 0.1) is 0 Å². The number of aliphatic hydroxyl groups excluding tert-OH is 1. The van der Waals surface area contributed by atoms with Gasteiger partial charge >= 0.3 is 0 Å². The Labute approximate surface area is 52.9 Å². The van der Waals surface area contributed by atoms with E-state index in [9.17, 15) is 0 Å². The molecule has 2 aliphatic rings. The van der Waals surface area contributed by atoms with Crippen molar-refractivity contribution in [3.05, 3.63) is 12.2 Å². The van der Waals surface area contributed by atoms with Gasteiger partial charge in [-0.2, -0.15) is 0 Å². The quantitative estimate of drug-likeness (QED) is 0.453. The predicted molar refractivity (Wildman–Crippen MR) is 29.8 cm³/mol. The van der Waals surface area contributed by atoms with Gasteiger partial charge in [-0.05, 0) is 6.08 Å². The lowest BCUT2D eigenvalue weighted by atomic mass is 10.2. The molecule has 0 unspecified atom stereocenters. The lowest BCUT2D eigenvalue weighted by molar-refractivity contribution is -0.0529. The fourth-order valence-electron chi connectivity index (χ4n) is 1.05. The molecule has 1 saturated heterocycles. The number of hydrogen-bond acceptors (Lipinski definition) is 3. The molecule has 2 heterocycles. The van der Waals surface area contributed by atoms with Crippen LogP contribution in [0.2, 0.25) is 0 Å². The topological polar surface area (TPSA) is 38.7 Å². The Bertz CT molecular complexity index is 143. The maximum Gasteiger partial charge on any atom is 0.177 e. The summed E-state index contributed by atoms with van der Waals surface area (Å²) in [5.41, 5.74) is 0. The maximum atomic E-state index is 9.10. The number of aliphatic hydroxyl groups is 1. The van der Waals surface area contributed by atoms with E-state index in [1.165, 1.54) is 0 Å². The second kappa shape index (κ2) is 1.80. The molecule has 0 aromatic carbocycles. The zero-order chi connectivity index (χ0) is 6.27. The highest BCUT2D eigenvalue weighted by Gasteiger charge is 2.32. The predicted octanol–water partition coefficient (Wildman–Crippen LogP) is -0.341. The first-order valence-corrected chi connectivity index (χ1v) is 3.00. The fraction of sp³-hybridized carbons (Fsp3) is 0.667. The van der Waals surface area contributed by atoms with Crippen LogP contribution in [0.4, 0.5) is 0 Å². The molecule has 1 N–H and O–H groups in total. The van der Waals surface area contributed by atoms with Crippen LogP contribution < -0.4 is 0 Å². The van der Waals surface area contributed by atoms with Crippen molar-refractivity contribution in [1.82, 2.24) is 0 Å². The summed E-state index contributed by atoms with van der Waals surface area (Å²) in [4.78, 5) is 0. The molecule has 0 radical (unpaired) electrons. The Balaban J connectivity index is 2.19. The van der Waals surface area contributed by atoms with E-state index in [0.29, 0.717) is 6.61 Å². The molecule has 9 heavy (non-hydrogen) atoms. The number of ether oxygens (including phenoxy) is 2. The largest absolute Gasteiger partial charge is 0.386 e. The first-order valence-electron chi connectivity index (χ1n) is 3.00. The van der Waals surface area contributed by atoms with Crippen LogP contribution in [0.25, 0.3) is 0 Å². The van der Waals surface area contributed by atoms with Crippen LogP contribution in [-0.4, -0.2) is 30.2 Å². The second-order valence-corrected chi connectivity index (χ2v) is 2.25. The third-order valence-electron chi connectivity index (χ3n) is 1.58. The lowest BCUT2D eigenvalue weighted by Crippen LogP contribution is -2.29. The molecule has 0 amide bonds. The van der Waals surface area contributed by atoms with Gasteiger partial charge in [-0.3, -0.25) is 0 Å². The highest BCUT2D eigenvalue weighted by molar-refractivity contribution is 5.02. The average Bonchev–Trinajstić information content (AvgIpc) is 2.25. The summed E-state index contributed by atoms with van der Waals surface area (Å²) in [7, 11) is 0. The van der Waals surface area contributed by atoms with E-state index in [0.717, 1.165) is 0 Å². The van der Waals surface area contributed by atoms with Gasteiger partial charge in [-0.15, -0.1) is 0 Å². The van der Waals surface area contributed by atoms with E-state index in [4.69, 9.17) is 14.6 Å². The summed E-state index contributed by atoms with van der Waals surface area (Å²) in [6.07, 6.45) is 2.65. The fourth-order valence-corrected chi connectivity index (χ4v) is 1.05. The normalized spacial score (nSPS) is 47.9. The van der Waals surface area contributed by atoms with E-state index in [1.807, 2.05) is 0 Å². The molecule has 3 nitrogen and oxygen atoms in total. The monoisotopic (exact) mass is 128 g/mol. The molecule has 2 rings (SSSR count). The standard InChI is InChI=1S/C6H8O3/c7-4-1-2-6-8-3-5(4)9-6/h1-2,4-7H,3H2/t4-,5+,6+/m1/s1. The van der Waals surface area contributed by atoms with Gasteiger partial charge < -0.3 is 14.6 Å². The van der Waals surface area contributed by atoms with Gasteiger partial charge in [0.1, 0.15) is 12.2 Å². The number of rotatable bonds is 0. The Morgan fingerprint density at radius 3 is 3.11 bits per heavy atom. The first kappa shape index (κ1) is 5.41. The highest BCUT2D eigenvalue weighted by Crippen LogP contribution is 2.20. The van der Waals surface area contributed by atoms with Gasteiger partial charge in [0.05, 0.1) is 6.61 Å². The molecule has 0 aromatic heterocycles. The van der Waals surface area contributed by atoms with Crippen LogP contribution in [0.15, 0.2) is 12.2 Å².